The van der Waals surface area contributed by atoms with Gasteiger partial charge in [-0.2, -0.15) is 0 Å². The number of piperazine rings is 1. The number of likely N-dealkylation sites (tertiary alicyclic amines) is 1. The standard InChI is InChI=1S/C20H27N3O4/c24-15-11-22(10-9-21-15)18(25)16-14-7-8-20(27-14)12-23(19(26)17(16)20)13-5-3-1-2-4-6-13/h7-8,13-14,16-17H,1-6,9-12H2,(H,21,24)/t14-,16-,17+,20-/m0/s1. The Bertz CT molecular complexity index is 699. The molecule has 7 nitrogen and oxygen atoms in total. The Hall–Kier alpha value is -1.89. The molecule has 0 aromatic heterocycles. The van der Waals surface area contributed by atoms with Crippen molar-refractivity contribution < 1.29 is 19.1 Å². The van der Waals surface area contributed by atoms with Gasteiger partial charge >= 0.3 is 0 Å². The third-order valence-electron chi connectivity index (χ3n) is 7.03. The van der Waals surface area contributed by atoms with Crippen LogP contribution in [0.2, 0.25) is 0 Å². The lowest BCUT2D eigenvalue weighted by Crippen LogP contribution is -2.54. The van der Waals surface area contributed by atoms with Crippen LogP contribution in [0.4, 0.5) is 0 Å². The summed E-state index contributed by atoms with van der Waals surface area (Å²) in [6, 6.07) is 0.271. The smallest absolute Gasteiger partial charge is 0.239 e. The molecule has 4 atom stereocenters. The third-order valence-corrected chi connectivity index (χ3v) is 7.03. The molecule has 5 aliphatic rings. The molecule has 1 saturated carbocycles. The van der Waals surface area contributed by atoms with Crippen molar-refractivity contribution >= 4 is 17.7 Å². The van der Waals surface area contributed by atoms with Crippen LogP contribution in [0.1, 0.15) is 38.5 Å². The van der Waals surface area contributed by atoms with Crippen molar-refractivity contribution in [3.63, 3.8) is 0 Å². The van der Waals surface area contributed by atoms with Gasteiger partial charge in [0.25, 0.3) is 0 Å². The van der Waals surface area contributed by atoms with Gasteiger partial charge in [0.1, 0.15) is 5.60 Å². The summed E-state index contributed by atoms with van der Waals surface area (Å²) in [5, 5.41) is 2.75. The zero-order valence-corrected chi connectivity index (χ0v) is 15.6. The molecule has 1 spiro atoms. The molecule has 4 aliphatic heterocycles. The number of carbonyl (C=O) groups is 3. The van der Waals surface area contributed by atoms with E-state index in [4.69, 9.17) is 4.74 Å². The van der Waals surface area contributed by atoms with Gasteiger partial charge in [-0.1, -0.05) is 37.8 Å². The van der Waals surface area contributed by atoms with Crippen LogP contribution in [0.15, 0.2) is 12.2 Å². The van der Waals surface area contributed by atoms with Crippen LogP contribution in [-0.2, 0) is 19.1 Å². The Kier molecular flexibility index (Phi) is 4.04. The van der Waals surface area contributed by atoms with E-state index in [2.05, 4.69) is 5.32 Å². The predicted molar refractivity (Wildman–Crippen MR) is 96.5 cm³/mol. The molecule has 2 bridgehead atoms. The lowest BCUT2D eigenvalue weighted by Gasteiger charge is -2.32. The van der Waals surface area contributed by atoms with Crippen molar-refractivity contribution in [1.82, 2.24) is 15.1 Å². The highest BCUT2D eigenvalue weighted by atomic mass is 16.5. The van der Waals surface area contributed by atoms with E-state index >= 15 is 0 Å². The molecule has 7 heteroatoms. The first-order valence-electron chi connectivity index (χ1n) is 10.3. The first-order valence-corrected chi connectivity index (χ1v) is 10.3. The van der Waals surface area contributed by atoms with Crippen LogP contribution in [0.3, 0.4) is 0 Å². The van der Waals surface area contributed by atoms with Gasteiger partial charge in [0, 0.05) is 19.1 Å². The lowest BCUT2D eigenvalue weighted by molar-refractivity contribution is -0.146. The molecule has 5 rings (SSSR count). The largest absolute Gasteiger partial charge is 0.360 e. The highest BCUT2D eigenvalue weighted by Gasteiger charge is 2.67. The van der Waals surface area contributed by atoms with Crippen molar-refractivity contribution in [1.29, 1.82) is 0 Å². The van der Waals surface area contributed by atoms with Crippen LogP contribution in [-0.4, -0.2) is 71.4 Å². The van der Waals surface area contributed by atoms with Crippen LogP contribution < -0.4 is 5.32 Å². The fourth-order valence-corrected chi connectivity index (χ4v) is 5.73. The minimum Gasteiger partial charge on any atom is -0.360 e. The number of nitrogens with zero attached hydrogens (tertiary/aromatic N) is 2. The van der Waals surface area contributed by atoms with E-state index in [0.29, 0.717) is 19.6 Å². The molecule has 4 heterocycles. The zero-order chi connectivity index (χ0) is 18.6. The highest BCUT2D eigenvalue weighted by Crippen LogP contribution is 2.53. The Balaban J connectivity index is 1.39. The topological polar surface area (TPSA) is 79.0 Å². The van der Waals surface area contributed by atoms with Crippen molar-refractivity contribution in [3.8, 4) is 0 Å². The SMILES string of the molecule is O=C1CN(C(=O)[C@H]2[C@@H]3C=C[C@@]4(CN(C5CCCCCC5)C(=O)[C@@H]24)O3)CCN1. The molecule has 4 fully saturated rings. The fraction of sp³-hybridized carbons (Fsp3) is 0.750. The minimum absolute atomic E-state index is 0.0754. The van der Waals surface area contributed by atoms with Crippen LogP contribution in [0, 0.1) is 11.8 Å². The van der Waals surface area contributed by atoms with E-state index in [9.17, 15) is 14.4 Å². The van der Waals surface area contributed by atoms with Crippen LogP contribution >= 0.6 is 0 Å². The minimum atomic E-state index is -0.646. The van der Waals surface area contributed by atoms with Gasteiger partial charge in [-0.25, -0.2) is 0 Å². The van der Waals surface area contributed by atoms with Gasteiger partial charge in [-0.05, 0) is 12.8 Å². The van der Waals surface area contributed by atoms with Crippen molar-refractivity contribution in [2.75, 3.05) is 26.2 Å². The molecule has 1 aliphatic carbocycles. The van der Waals surface area contributed by atoms with Crippen LogP contribution in [0.5, 0.6) is 0 Å². The molecular weight excluding hydrogens is 346 g/mol. The molecule has 3 saturated heterocycles. The number of nitrogens with one attached hydrogen (secondary N) is 1. The third kappa shape index (κ3) is 2.62. The van der Waals surface area contributed by atoms with Gasteiger partial charge in [0.2, 0.25) is 17.7 Å². The summed E-state index contributed by atoms with van der Waals surface area (Å²) < 4.78 is 6.24. The molecule has 0 radical (unpaired) electrons. The summed E-state index contributed by atoms with van der Waals surface area (Å²) >= 11 is 0. The van der Waals surface area contributed by atoms with Crippen molar-refractivity contribution in [2.24, 2.45) is 11.8 Å². The second kappa shape index (κ2) is 6.33. The average molecular weight is 373 g/mol. The fourth-order valence-electron chi connectivity index (χ4n) is 5.73. The average Bonchev–Trinajstić information content (AvgIpc) is 3.21. The van der Waals surface area contributed by atoms with E-state index in [0.717, 1.165) is 25.7 Å². The molecule has 1 N–H and O–H groups in total. The van der Waals surface area contributed by atoms with Gasteiger partial charge < -0.3 is 19.9 Å². The first-order chi connectivity index (χ1) is 13.1. The molecule has 0 unspecified atom stereocenters. The van der Waals surface area contributed by atoms with Gasteiger partial charge in [0.15, 0.2) is 0 Å². The van der Waals surface area contributed by atoms with E-state index in [1.54, 1.807) is 4.90 Å². The second-order valence-electron chi connectivity index (χ2n) is 8.62. The highest BCUT2D eigenvalue weighted by molar-refractivity contribution is 5.94. The number of rotatable bonds is 2. The predicted octanol–water partition coefficient (Wildman–Crippen LogP) is 0.450. The number of ether oxygens (including phenoxy) is 1. The van der Waals surface area contributed by atoms with Gasteiger partial charge in [-0.15, -0.1) is 0 Å². The Morgan fingerprint density at radius 3 is 2.70 bits per heavy atom. The van der Waals surface area contributed by atoms with Crippen molar-refractivity contribution in [3.05, 3.63) is 12.2 Å². The monoisotopic (exact) mass is 373 g/mol. The first kappa shape index (κ1) is 17.2. The van der Waals surface area contributed by atoms with Crippen LogP contribution in [0.25, 0.3) is 0 Å². The number of fused-ring (bicyclic) bond motifs is 1. The Labute approximate surface area is 159 Å². The number of hydrogen-bond acceptors (Lipinski definition) is 4. The number of hydrogen-bond donors (Lipinski definition) is 1. The maximum atomic E-state index is 13.4. The lowest BCUT2D eigenvalue weighted by atomic mass is 9.76. The van der Waals surface area contributed by atoms with E-state index in [1.165, 1.54) is 12.8 Å². The quantitative estimate of drug-likeness (QED) is 0.563. The maximum Gasteiger partial charge on any atom is 0.239 e. The molecule has 27 heavy (non-hydrogen) atoms. The molecular formula is C20H27N3O4. The summed E-state index contributed by atoms with van der Waals surface area (Å²) in [4.78, 5) is 41.9. The normalized spacial score (nSPS) is 38.9. The Morgan fingerprint density at radius 1 is 1.19 bits per heavy atom. The van der Waals surface area contributed by atoms with E-state index in [1.807, 2.05) is 17.1 Å². The summed E-state index contributed by atoms with van der Waals surface area (Å²) in [5.41, 5.74) is -0.646. The molecule has 146 valence electrons. The summed E-state index contributed by atoms with van der Waals surface area (Å²) in [6.45, 7) is 1.61. The second-order valence-corrected chi connectivity index (χ2v) is 8.62. The summed E-state index contributed by atoms with van der Waals surface area (Å²) in [5.74, 6) is -1.10. The van der Waals surface area contributed by atoms with Gasteiger partial charge in [0.05, 0.1) is 31.0 Å². The summed E-state index contributed by atoms with van der Waals surface area (Å²) in [6.07, 6.45) is 10.5. The number of carbonyl (C=O) groups excluding carboxylic acids is 3. The Morgan fingerprint density at radius 2 is 1.96 bits per heavy atom. The molecule has 0 aromatic rings. The molecule has 0 aromatic carbocycles. The van der Waals surface area contributed by atoms with E-state index < -0.39 is 17.4 Å². The molecule has 3 amide bonds. The van der Waals surface area contributed by atoms with Crippen molar-refractivity contribution in [2.45, 2.75) is 56.3 Å². The number of amides is 3. The maximum absolute atomic E-state index is 13.4. The van der Waals surface area contributed by atoms with Gasteiger partial charge in [-0.3, -0.25) is 14.4 Å². The zero-order valence-electron chi connectivity index (χ0n) is 15.6. The van der Waals surface area contributed by atoms with E-state index in [-0.39, 0.29) is 36.4 Å². The summed E-state index contributed by atoms with van der Waals surface area (Å²) in [7, 11) is 0.